The van der Waals surface area contributed by atoms with Crippen molar-refractivity contribution in [3.63, 3.8) is 0 Å². The van der Waals surface area contributed by atoms with Crippen LogP contribution >= 0.6 is 0 Å². The third kappa shape index (κ3) is 5.23. The highest BCUT2D eigenvalue weighted by Crippen LogP contribution is 2.30. The molecular formula is C23H28N6O3S. The van der Waals surface area contributed by atoms with Crippen LogP contribution in [0.5, 0.6) is 0 Å². The van der Waals surface area contributed by atoms with Crippen LogP contribution in [0.2, 0.25) is 0 Å². The Morgan fingerprint density at radius 1 is 1.06 bits per heavy atom. The molecule has 1 saturated heterocycles. The second kappa shape index (κ2) is 9.72. The quantitative estimate of drug-likeness (QED) is 0.572. The predicted octanol–water partition coefficient (Wildman–Crippen LogP) is 2.82. The summed E-state index contributed by atoms with van der Waals surface area (Å²) in [5.74, 6) is -0.454. The number of amides is 1. The largest absolute Gasteiger partial charge is 0.376 e. The molecule has 2 heterocycles. The number of nitrogens with one attached hydrogen (secondary N) is 1. The lowest BCUT2D eigenvalue weighted by molar-refractivity contribution is 0.102. The Morgan fingerprint density at radius 3 is 2.48 bits per heavy atom. The number of aromatic nitrogens is 3. The third-order valence-corrected chi connectivity index (χ3v) is 7.50. The SMILES string of the molecule is CN(C)c1ccc(S(=O)(=O)N2CCCCC2)cc1NC(=O)c1cn(Cc2ccccc2)nn1. The van der Waals surface area contributed by atoms with Crippen LogP contribution in [-0.2, 0) is 16.6 Å². The zero-order chi connectivity index (χ0) is 23.4. The lowest BCUT2D eigenvalue weighted by Crippen LogP contribution is -2.35. The normalized spacial score (nSPS) is 14.7. The number of sulfonamides is 1. The average Bonchev–Trinajstić information content (AvgIpc) is 3.29. The minimum atomic E-state index is -3.63. The molecule has 2 aromatic carbocycles. The molecular weight excluding hydrogens is 440 g/mol. The molecule has 0 saturated carbocycles. The summed E-state index contributed by atoms with van der Waals surface area (Å²) in [5.41, 5.74) is 2.29. The Hall–Kier alpha value is -3.24. The molecule has 0 spiro atoms. The zero-order valence-corrected chi connectivity index (χ0v) is 19.6. The Balaban J connectivity index is 1.56. The molecule has 1 aromatic heterocycles. The van der Waals surface area contributed by atoms with Crippen LogP contribution in [0.15, 0.2) is 59.6 Å². The molecule has 1 aliphatic rings. The molecule has 9 nitrogen and oxygen atoms in total. The monoisotopic (exact) mass is 468 g/mol. The van der Waals surface area contributed by atoms with Gasteiger partial charge in [0, 0.05) is 27.2 Å². The highest BCUT2D eigenvalue weighted by atomic mass is 32.2. The number of benzene rings is 2. The van der Waals surface area contributed by atoms with Crippen molar-refractivity contribution in [1.29, 1.82) is 0 Å². The van der Waals surface area contributed by atoms with Gasteiger partial charge in [0.1, 0.15) is 0 Å². The highest BCUT2D eigenvalue weighted by Gasteiger charge is 2.27. The van der Waals surface area contributed by atoms with E-state index in [1.54, 1.807) is 23.0 Å². The summed E-state index contributed by atoms with van der Waals surface area (Å²) in [4.78, 5) is 14.9. The molecule has 174 valence electrons. The fourth-order valence-electron chi connectivity index (χ4n) is 3.86. The summed E-state index contributed by atoms with van der Waals surface area (Å²) >= 11 is 0. The van der Waals surface area contributed by atoms with Gasteiger partial charge in [-0.15, -0.1) is 5.10 Å². The predicted molar refractivity (Wildman–Crippen MR) is 127 cm³/mol. The van der Waals surface area contributed by atoms with E-state index in [1.807, 2.05) is 49.3 Å². The van der Waals surface area contributed by atoms with Gasteiger partial charge in [0.2, 0.25) is 10.0 Å². The van der Waals surface area contributed by atoms with E-state index in [0.717, 1.165) is 24.8 Å². The smallest absolute Gasteiger partial charge is 0.277 e. The highest BCUT2D eigenvalue weighted by molar-refractivity contribution is 7.89. The molecule has 0 atom stereocenters. The van der Waals surface area contributed by atoms with Crippen molar-refractivity contribution in [3.8, 4) is 0 Å². The summed E-state index contributed by atoms with van der Waals surface area (Å²) in [6, 6.07) is 14.6. The lowest BCUT2D eigenvalue weighted by Gasteiger charge is -2.26. The first-order valence-electron chi connectivity index (χ1n) is 10.9. The number of carbonyl (C=O) groups is 1. The first kappa shape index (κ1) is 22.9. The van der Waals surface area contributed by atoms with E-state index in [0.29, 0.717) is 31.0 Å². The van der Waals surface area contributed by atoms with Crippen LogP contribution in [0.25, 0.3) is 0 Å². The first-order valence-corrected chi connectivity index (χ1v) is 12.4. The molecule has 1 amide bonds. The van der Waals surface area contributed by atoms with Crippen molar-refractivity contribution in [1.82, 2.24) is 19.3 Å². The second-order valence-corrected chi connectivity index (χ2v) is 10.2. The maximum absolute atomic E-state index is 13.1. The van der Waals surface area contributed by atoms with Gasteiger partial charge in [-0.05, 0) is 36.6 Å². The summed E-state index contributed by atoms with van der Waals surface area (Å²) in [7, 11) is 0.0401. The van der Waals surface area contributed by atoms with E-state index >= 15 is 0 Å². The Kier molecular flexibility index (Phi) is 6.75. The van der Waals surface area contributed by atoms with Gasteiger partial charge >= 0.3 is 0 Å². The van der Waals surface area contributed by atoms with E-state index in [1.165, 1.54) is 10.4 Å². The molecule has 0 unspecified atom stereocenters. The van der Waals surface area contributed by atoms with Gasteiger partial charge in [0.05, 0.1) is 29.0 Å². The van der Waals surface area contributed by atoms with E-state index < -0.39 is 15.9 Å². The van der Waals surface area contributed by atoms with Gasteiger partial charge < -0.3 is 10.2 Å². The number of carbonyl (C=O) groups excluding carboxylic acids is 1. The molecule has 0 radical (unpaired) electrons. The second-order valence-electron chi connectivity index (χ2n) is 8.28. The summed E-state index contributed by atoms with van der Waals surface area (Å²) in [5, 5.41) is 10.9. The van der Waals surface area contributed by atoms with Gasteiger partial charge in [-0.25, -0.2) is 13.1 Å². The summed E-state index contributed by atoms with van der Waals surface area (Å²) < 4.78 is 29.4. The topological polar surface area (TPSA) is 100 Å². The number of hydrogen-bond donors (Lipinski definition) is 1. The first-order chi connectivity index (χ1) is 15.8. The lowest BCUT2D eigenvalue weighted by atomic mass is 10.2. The van der Waals surface area contributed by atoms with Crippen molar-refractivity contribution in [3.05, 3.63) is 66.0 Å². The summed E-state index contributed by atoms with van der Waals surface area (Å²) in [6.45, 7) is 1.53. The molecule has 4 rings (SSSR count). The number of hydrogen-bond acceptors (Lipinski definition) is 6. The molecule has 0 bridgehead atoms. The van der Waals surface area contributed by atoms with Gasteiger partial charge in [-0.2, -0.15) is 4.31 Å². The molecule has 1 aliphatic heterocycles. The fourth-order valence-corrected chi connectivity index (χ4v) is 5.40. The van der Waals surface area contributed by atoms with E-state index in [9.17, 15) is 13.2 Å². The number of anilines is 2. The van der Waals surface area contributed by atoms with Crippen LogP contribution in [-0.4, -0.2) is 60.8 Å². The maximum Gasteiger partial charge on any atom is 0.277 e. The average molecular weight is 469 g/mol. The van der Waals surface area contributed by atoms with Gasteiger partial charge in [-0.1, -0.05) is 42.0 Å². The third-order valence-electron chi connectivity index (χ3n) is 5.61. The van der Waals surface area contributed by atoms with Crippen LogP contribution in [0.1, 0.15) is 35.3 Å². The van der Waals surface area contributed by atoms with Crippen LogP contribution in [0.3, 0.4) is 0 Å². The molecule has 1 fully saturated rings. The van der Waals surface area contributed by atoms with Crippen LogP contribution in [0.4, 0.5) is 11.4 Å². The summed E-state index contributed by atoms with van der Waals surface area (Å²) in [6.07, 6.45) is 4.33. The van der Waals surface area contributed by atoms with Crippen LogP contribution < -0.4 is 10.2 Å². The van der Waals surface area contributed by atoms with Crippen LogP contribution in [0, 0.1) is 0 Å². The Bertz CT molecular complexity index is 1220. The Labute approximate surface area is 194 Å². The maximum atomic E-state index is 13.1. The van der Waals surface area contributed by atoms with Gasteiger partial charge in [0.15, 0.2) is 5.69 Å². The molecule has 0 aliphatic carbocycles. The number of nitrogens with zero attached hydrogens (tertiary/aromatic N) is 5. The molecule has 3 aromatic rings. The minimum Gasteiger partial charge on any atom is -0.376 e. The molecule has 1 N–H and O–H groups in total. The van der Waals surface area contributed by atoms with Crippen molar-refractivity contribution in [2.45, 2.75) is 30.7 Å². The van der Waals surface area contributed by atoms with E-state index in [2.05, 4.69) is 15.6 Å². The fraction of sp³-hybridized carbons (Fsp3) is 0.348. The standard InChI is InChI=1S/C23H28N6O3S/c1-27(2)22-12-11-19(33(31,32)29-13-7-4-8-14-29)15-20(22)24-23(30)21-17-28(26-25-21)16-18-9-5-3-6-10-18/h3,5-6,9-12,15,17H,4,7-8,13-14,16H2,1-2H3,(H,24,30). The number of rotatable bonds is 7. The van der Waals surface area contributed by atoms with Crippen molar-refractivity contribution in [2.75, 3.05) is 37.4 Å². The van der Waals surface area contributed by atoms with Gasteiger partial charge in [0.25, 0.3) is 5.91 Å². The minimum absolute atomic E-state index is 0.153. The zero-order valence-electron chi connectivity index (χ0n) is 18.8. The molecule has 10 heteroatoms. The van der Waals surface area contributed by atoms with Gasteiger partial charge in [-0.3, -0.25) is 4.79 Å². The van der Waals surface area contributed by atoms with E-state index in [4.69, 9.17) is 0 Å². The number of piperidine rings is 1. The Morgan fingerprint density at radius 2 is 1.79 bits per heavy atom. The van der Waals surface area contributed by atoms with Crippen molar-refractivity contribution < 1.29 is 13.2 Å². The molecule has 33 heavy (non-hydrogen) atoms. The van der Waals surface area contributed by atoms with Crippen molar-refractivity contribution >= 4 is 27.3 Å². The van der Waals surface area contributed by atoms with Crippen molar-refractivity contribution in [2.24, 2.45) is 0 Å². The van der Waals surface area contributed by atoms with E-state index in [-0.39, 0.29) is 10.6 Å².